The molecule has 1 aromatic carbocycles. The van der Waals surface area contributed by atoms with Gasteiger partial charge in [0.2, 0.25) is 0 Å². The monoisotopic (exact) mass is 222 g/mol. The maximum atomic E-state index is 11.7. The van der Waals surface area contributed by atoms with E-state index in [4.69, 9.17) is 9.47 Å². The van der Waals surface area contributed by atoms with Gasteiger partial charge in [-0.15, -0.1) is 0 Å². The van der Waals surface area contributed by atoms with Gasteiger partial charge in [-0.05, 0) is 24.6 Å². The Morgan fingerprint density at radius 2 is 2.06 bits per heavy atom. The van der Waals surface area contributed by atoms with Gasteiger partial charge in [-0.1, -0.05) is 13.8 Å². The summed E-state index contributed by atoms with van der Waals surface area (Å²) in [7, 11) is 1.56. The molecule has 0 N–H and O–H groups in total. The molecule has 0 bridgehead atoms. The average Bonchev–Trinajstić information content (AvgIpc) is 2.35. The van der Waals surface area contributed by atoms with E-state index < -0.39 is 0 Å². The SMILES string of the molecule is CCCOc1ccc(OC)c(C(=O)CC)c1. The number of Topliss-reactive ketones (excluding diaryl/α,β-unsaturated/α-hetero) is 1. The van der Waals surface area contributed by atoms with E-state index in [1.165, 1.54) is 0 Å². The fourth-order valence-electron chi connectivity index (χ4n) is 1.41. The molecule has 0 aliphatic rings. The number of benzene rings is 1. The highest BCUT2D eigenvalue weighted by atomic mass is 16.5. The fraction of sp³-hybridized carbons (Fsp3) is 0.462. The van der Waals surface area contributed by atoms with Crippen molar-refractivity contribution in [1.82, 2.24) is 0 Å². The first-order valence-corrected chi connectivity index (χ1v) is 5.57. The summed E-state index contributed by atoms with van der Waals surface area (Å²) in [5, 5.41) is 0. The lowest BCUT2D eigenvalue weighted by Gasteiger charge is -2.10. The zero-order valence-corrected chi connectivity index (χ0v) is 10.1. The Bertz CT molecular complexity index is 358. The summed E-state index contributed by atoms with van der Waals surface area (Å²) >= 11 is 0. The van der Waals surface area contributed by atoms with Crippen LogP contribution in [0, 0.1) is 0 Å². The van der Waals surface area contributed by atoms with Gasteiger partial charge in [-0.2, -0.15) is 0 Å². The lowest BCUT2D eigenvalue weighted by Crippen LogP contribution is -2.02. The van der Waals surface area contributed by atoms with Crippen LogP contribution in [0.15, 0.2) is 18.2 Å². The molecule has 1 rings (SSSR count). The van der Waals surface area contributed by atoms with Crippen LogP contribution < -0.4 is 9.47 Å². The van der Waals surface area contributed by atoms with Gasteiger partial charge in [0.25, 0.3) is 0 Å². The smallest absolute Gasteiger partial charge is 0.166 e. The van der Waals surface area contributed by atoms with E-state index in [1.807, 2.05) is 19.9 Å². The van der Waals surface area contributed by atoms with Crippen molar-refractivity contribution in [3.05, 3.63) is 23.8 Å². The minimum Gasteiger partial charge on any atom is -0.496 e. The van der Waals surface area contributed by atoms with E-state index in [-0.39, 0.29) is 5.78 Å². The minimum atomic E-state index is 0.0683. The zero-order chi connectivity index (χ0) is 12.0. The number of hydrogen-bond donors (Lipinski definition) is 0. The van der Waals surface area contributed by atoms with Crippen molar-refractivity contribution in [1.29, 1.82) is 0 Å². The number of rotatable bonds is 6. The largest absolute Gasteiger partial charge is 0.496 e. The first-order valence-electron chi connectivity index (χ1n) is 5.57. The van der Waals surface area contributed by atoms with Crippen molar-refractivity contribution in [2.75, 3.05) is 13.7 Å². The van der Waals surface area contributed by atoms with Gasteiger partial charge in [-0.3, -0.25) is 4.79 Å². The molecule has 0 saturated heterocycles. The molecule has 0 unspecified atom stereocenters. The summed E-state index contributed by atoms with van der Waals surface area (Å²) in [6.07, 6.45) is 1.41. The zero-order valence-electron chi connectivity index (χ0n) is 10.1. The molecule has 0 radical (unpaired) electrons. The van der Waals surface area contributed by atoms with Crippen molar-refractivity contribution in [3.63, 3.8) is 0 Å². The fourth-order valence-corrected chi connectivity index (χ4v) is 1.41. The lowest BCUT2D eigenvalue weighted by atomic mass is 10.1. The molecule has 0 aliphatic heterocycles. The van der Waals surface area contributed by atoms with Crippen molar-refractivity contribution < 1.29 is 14.3 Å². The molecule has 88 valence electrons. The Labute approximate surface area is 96.4 Å². The van der Waals surface area contributed by atoms with Crippen LogP contribution in [-0.4, -0.2) is 19.5 Å². The number of hydrogen-bond acceptors (Lipinski definition) is 3. The minimum absolute atomic E-state index is 0.0683. The van der Waals surface area contributed by atoms with Crippen molar-refractivity contribution >= 4 is 5.78 Å². The molecule has 1 aromatic rings. The molecular weight excluding hydrogens is 204 g/mol. The van der Waals surface area contributed by atoms with E-state index in [2.05, 4.69) is 0 Å². The van der Waals surface area contributed by atoms with E-state index in [0.29, 0.717) is 24.3 Å². The molecule has 0 heterocycles. The Morgan fingerprint density at radius 3 is 2.62 bits per heavy atom. The topological polar surface area (TPSA) is 35.5 Å². The number of ketones is 1. The first kappa shape index (κ1) is 12.6. The van der Waals surface area contributed by atoms with Crippen molar-refractivity contribution in [3.8, 4) is 11.5 Å². The predicted octanol–water partition coefficient (Wildman–Crippen LogP) is 3.08. The van der Waals surface area contributed by atoms with Crippen LogP contribution in [0.4, 0.5) is 0 Å². The van der Waals surface area contributed by atoms with Crippen LogP contribution in [0.3, 0.4) is 0 Å². The Hall–Kier alpha value is -1.51. The summed E-state index contributed by atoms with van der Waals surface area (Å²) in [5.41, 5.74) is 0.596. The lowest BCUT2D eigenvalue weighted by molar-refractivity contribution is 0.0984. The van der Waals surface area contributed by atoms with Gasteiger partial charge in [0, 0.05) is 6.42 Å². The number of carbonyl (C=O) groups excluding carboxylic acids is 1. The Morgan fingerprint density at radius 1 is 1.31 bits per heavy atom. The second-order valence-corrected chi connectivity index (χ2v) is 3.49. The Balaban J connectivity index is 2.96. The average molecular weight is 222 g/mol. The third kappa shape index (κ3) is 2.99. The van der Waals surface area contributed by atoms with Crippen LogP contribution in [0.5, 0.6) is 11.5 Å². The third-order valence-electron chi connectivity index (χ3n) is 2.27. The number of carbonyl (C=O) groups is 1. The first-order chi connectivity index (χ1) is 7.72. The summed E-state index contributed by atoms with van der Waals surface area (Å²) in [6.45, 7) is 4.54. The number of ether oxygens (including phenoxy) is 2. The maximum absolute atomic E-state index is 11.7. The van der Waals surface area contributed by atoms with E-state index >= 15 is 0 Å². The highest BCUT2D eigenvalue weighted by Gasteiger charge is 2.11. The molecule has 0 aliphatic carbocycles. The highest BCUT2D eigenvalue weighted by molar-refractivity contribution is 5.98. The maximum Gasteiger partial charge on any atom is 0.166 e. The standard InChI is InChI=1S/C13H18O3/c1-4-8-16-10-6-7-13(15-3)11(9-10)12(14)5-2/h6-7,9H,4-5,8H2,1-3H3. The van der Waals surface area contributed by atoms with Crippen molar-refractivity contribution in [2.24, 2.45) is 0 Å². The molecule has 0 atom stereocenters. The molecule has 0 saturated carbocycles. The molecule has 16 heavy (non-hydrogen) atoms. The second kappa shape index (κ2) is 6.16. The van der Waals surface area contributed by atoms with Gasteiger partial charge < -0.3 is 9.47 Å². The second-order valence-electron chi connectivity index (χ2n) is 3.49. The Kier molecular flexibility index (Phi) is 4.83. The van der Waals surface area contributed by atoms with Gasteiger partial charge in [0.05, 0.1) is 19.3 Å². The quantitative estimate of drug-likeness (QED) is 0.694. The van der Waals surface area contributed by atoms with E-state index in [1.54, 1.807) is 19.2 Å². The molecule has 0 amide bonds. The molecular formula is C13H18O3. The number of methoxy groups -OCH3 is 1. The normalized spacial score (nSPS) is 9.94. The van der Waals surface area contributed by atoms with Crippen LogP contribution in [-0.2, 0) is 0 Å². The molecule has 0 aromatic heterocycles. The summed E-state index contributed by atoms with van der Waals surface area (Å²) < 4.78 is 10.6. The predicted molar refractivity (Wildman–Crippen MR) is 63.4 cm³/mol. The van der Waals surface area contributed by atoms with Crippen molar-refractivity contribution in [2.45, 2.75) is 26.7 Å². The van der Waals surface area contributed by atoms with Crippen LogP contribution in [0.2, 0.25) is 0 Å². The molecule has 3 heteroatoms. The van der Waals surface area contributed by atoms with Gasteiger partial charge in [0.15, 0.2) is 5.78 Å². The third-order valence-corrected chi connectivity index (χ3v) is 2.27. The summed E-state index contributed by atoms with van der Waals surface area (Å²) in [4.78, 5) is 11.7. The summed E-state index contributed by atoms with van der Waals surface area (Å²) in [6, 6.07) is 5.34. The summed E-state index contributed by atoms with van der Waals surface area (Å²) in [5.74, 6) is 1.40. The van der Waals surface area contributed by atoms with E-state index in [9.17, 15) is 4.79 Å². The highest BCUT2D eigenvalue weighted by Crippen LogP contribution is 2.25. The van der Waals surface area contributed by atoms with Crippen LogP contribution in [0.1, 0.15) is 37.0 Å². The molecule has 3 nitrogen and oxygen atoms in total. The van der Waals surface area contributed by atoms with Crippen LogP contribution >= 0.6 is 0 Å². The molecule has 0 spiro atoms. The van der Waals surface area contributed by atoms with Crippen LogP contribution in [0.25, 0.3) is 0 Å². The van der Waals surface area contributed by atoms with Gasteiger partial charge in [0.1, 0.15) is 11.5 Å². The van der Waals surface area contributed by atoms with Gasteiger partial charge in [-0.25, -0.2) is 0 Å². The van der Waals surface area contributed by atoms with E-state index in [0.717, 1.165) is 12.2 Å². The van der Waals surface area contributed by atoms with Gasteiger partial charge >= 0.3 is 0 Å². The molecule has 0 fully saturated rings.